The molecule has 30 heavy (non-hydrogen) atoms. The van der Waals surface area contributed by atoms with Crippen LogP contribution in [0.3, 0.4) is 0 Å². The molecule has 2 aromatic carbocycles. The van der Waals surface area contributed by atoms with Gasteiger partial charge in [0.2, 0.25) is 0 Å². The molecule has 156 valence electrons. The highest BCUT2D eigenvalue weighted by Crippen LogP contribution is 2.29. The first-order valence-electron chi connectivity index (χ1n) is 8.75. The number of benzene rings is 2. The first-order chi connectivity index (χ1) is 14.1. The molecular weight excluding hydrogens is 417 g/mol. The quantitative estimate of drug-likeness (QED) is 0.599. The van der Waals surface area contributed by atoms with E-state index in [1.54, 1.807) is 30.3 Å². The Kier molecular flexibility index (Phi) is 5.93. The number of anilines is 1. The maximum absolute atomic E-state index is 13.0. The first kappa shape index (κ1) is 21.5. The van der Waals surface area contributed by atoms with Crippen LogP contribution in [0, 0.1) is 0 Å². The average Bonchev–Trinajstić information content (AvgIpc) is 2.71. The second kappa shape index (κ2) is 8.27. The number of pyridine rings is 1. The fourth-order valence-electron chi connectivity index (χ4n) is 2.75. The molecule has 0 aliphatic heterocycles. The van der Waals surface area contributed by atoms with Gasteiger partial charge in [0.25, 0.3) is 5.91 Å². The van der Waals surface area contributed by atoms with Gasteiger partial charge in [-0.2, -0.15) is 13.2 Å². The van der Waals surface area contributed by atoms with Crippen molar-refractivity contribution in [3.05, 3.63) is 89.6 Å². The SMILES string of the molecule is CS(=O)(=O)c1ccc(CN(C(=O)c2ccc(C(F)(F)F)cc2)c2ccccn2)cc1. The van der Waals surface area contributed by atoms with Crippen molar-refractivity contribution >= 4 is 21.6 Å². The minimum atomic E-state index is -4.50. The van der Waals surface area contributed by atoms with Crippen LogP contribution in [-0.4, -0.2) is 25.6 Å². The summed E-state index contributed by atoms with van der Waals surface area (Å²) in [6, 6.07) is 14.9. The summed E-state index contributed by atoms with van der Waals surface area (Å²) in [4.78, 5) is 18.7. The van der Waals surface area contributed by atoms with E-state index in [9.17, 15) is 26.4 Å². The van der Waals surface area contributed by atoms with Gasteiger partial charge >= 0.3 is 6.18 Å². The highest BCUT2D eigenvalue weighted by atomic mass is 32.2. The number of carbonyl (C=O) groups is 1. The summed E-state index contributed by atoms with van der Waals surface area (Å²) in [6.45, 7) is 0.0565. The smallest absolute Gasteiger partial charge is 0.288 e. The Bertz CT molecular complexity index is 1130. The van der Waals surface area contributed by atoms with E-state index in [2.05, 4.69) is 4.98 Å². The van der Waals surface area contributed by atoms with Crippen LogP contribution in [0.2, 0.25) is 0 Å². The molecule has 0 aliphatic rings. The summed E-state index contributed by atoms with van der Waals surface area (Å²) >= 11 is 0. The van der Waals surface area contributed by atoms with Crippen LogP contribution in [0.1, 0.15) is 21.5 Å². The fourth-order valence-corrected chi connectivity index (χ4v) is 3.38. The molecule has 0 aliphatic carbocycles. The molecule has 3 rings (SSSR count). The van der Waals surface area contributed by atoms with Crippen molar-refractivity contribution in [3.63, 3.8) is 0 Å². The number of rotatable bonds is 5. The zero-order chi connectivity index (χ0) is 21.9. The highest BCUT2D eigenvalue weighted by Gasteiger charge is 2.30. The van der Waals surface area contributed by atoms with Crippen molar-refractivity contribution in [2.24, 2.45) is 0 Å². The molecule has 1 amide bonds. The predicted molar refractivity (Wildman–Crippen MR) is 106 cm³/mol. The van der Waals surface area contributed by atoms with Gasteiger partial charge in [-0.15, -0.1) is 0 Å². The van der Waals surface area contributed by atoms with Crippen LogP contribution in [-0.2, 0) is 22.6 Å². The first-order valence-corrected chi connectivity index (χ1v) is 10.6. The van der Waals surface area contributed by atoms with Gasteiger partial charge in [0.15, 0.2) is 9.84 Å². The molecule has 1 aromatic heterocycles. The van der Waals surface area contributed by atoms with Gasteiger partial charge in [-0.1, -0.05) is 18.2 Å². The number of sulfone groups is 1. The lowest BCUT2D eigenvalue weighted by Crippen LogP contribution is -2.31. The van der Waals surface area contributed by atoms with Gasteiger partial charge in [0, 0.05) is 18.0 Å². The summed E-state index contributed by atoms with van der Waals surface area (Å²) in [6.07, 6.45) is -1.91. The van der Waals surface area contributed by atoms with Crippen molar-refractivity contribution in [1.29, 1.82) is 0 Å². The van der Waals surface area contributed by atoms with Crippen molar-refractivity contribution in [2.45, 2.75) is 17.6 Å². The molecule has 5 nitrogen and oxygen atoms in total. The number of hydrogen-bond acceptors (Lipinski definition) is 4. The molecule has 0 fully saturated rings. The summed E-state index contributed by atoms with van der Waals surface area (Å²) in [5, 5.41) is 0. The van der Waals surface area contributed by atoms with Gasteiger partial charge in [-0.25, -0.2) is 13.4 Å². The van der Waals surface area contributed by atoms with Gasteiger partial charge in [-0.3, -0.25) is 9.69 Å². The standard InChI is InChI=1S/C21H17F3N2O3S/c1-30(28,29)18-11-5-15(6-12-18)14-26(19-4-2-3-13-25-19)20(27)16-7-9-17(10-8-16)21(22,23)24/h2-13H,14H2,1H3. The Labute approximate surface area is 171 Å². The number of hydrogen-bond donors (Lipinski definition) is 0. The van der Waals surface area contributed by atoms with E-state index >= 15 is 0 Å². The Morgan fingerprint density at radius 3 is 2.10 bits per heavy atom. The molecule has 3 aromatic rings. The van der Waals surface area contributed by atoms with Crippen LogP contribution < -0.4 is 4.90 Å². The normalized spacial score (nSPS) is 11.9. The monoisotopic (exact) mass is 434 g/mol. The maximum Gasteiger partial charge on any atom is 0.416 e. The molecular formula is C21H17F3N2O3S. The number of aromatic nitrogens is 1. The molecule has 0 saturated heterocycles. The second-order valence-corrected chi connectivity index (χ2v) is 8.59. The maximum atomic E-state index is 13.0. The molecule has 9 heteroatoms. The van der Waals surface area contributed by atoms with Crippen LogP contribution in [0.15, 0.2) is 77.8 Å². The van der Waals surface area contributed by atoms with Crippen LogP contribution >= 0.6 is 0 Å². The number of alkyl halides is 3. The number of amides is 1. The Balaban J connectivity index is 1.92. The minimum absolute atomic E-state index is 0.0565. The average molecular weight is 434 g/mol. The fraction of sp³-hybridized carbons (Fsp3) is 0.143. The largest absolute Gasteiger partial charge is 0.416 e. The number of carbonyl (C=O) groups excluding carboxylic acids is 1. The van der Waals surface area contributed by atoms with E-state index in [-0.39, 0.29) is 17.0 Å². The highest BCUT2D eigenvalue weighted by molar-refractivity contribution is 7.90. The van der Waals surface area contributed by atoms with E-state index in [4.69, 9.17) is 0 Å². The molecule has 0 unspecified atom stereocenters. The Morgan fingerprint density at radius 1 is 0.967 bits per heavy atom. The van der Waals surface area contributed by atoms with Crippen molar-refractivity contribution in [2.75, 3.05) is 11.2 Å². The van der Waals surface area contributed by atoms with E-state index in [0.717, 1.165) is 30.5 Å². The van der Waals surface area contributed by atoms with Gasteiger partial charge in [-0.05, 0) is 54.1 Å². The molecule has 0 radical (unpaired) electrons. The third kappa shape index (κ3) is 5.04. The lowest BCUT2D eigenvalue weighted by atomic mass is 10.1. The second-order valence-electron chi connectivity index (χ2n) is 6.57. The molecule has 0 spiro atoms. The topological polar surface area (TPSA) is 67.3 Å². The minimum Gasteiger partial charge on any atom is -0.288 e. The Hall–Kier alpha value is -3.20. The van der Waals surface area contributed by atoms with Crippen LogP contribution in [0.5, 0.6) is 0 Å². The van der Waals surface area contributed by atoms with E-state index < -0.39 is 27.5 Å². The van der Waals surface area contributed by atoms with Gasteiger partial charge < -0.3 is 0 Å². The summed E-state index contributed by atoms with van der Waals surface area (Å²) in [7, 11) is -3.36. The van der Waals surface area contributed by atoms with Crippen molar-refractivity contribution in [3.8, 4) is 0 Å². The predicted octanol–water partition coefficient (Wildman–Crippen LogP) is 4.35. The lowest BCUT2D eigenvalue weighted by Gasteiger charge is -2.22. The van der Waals surface area contributed by atoms with E-state index in [1.807, 2.05) is 0 Å². The molecule has 0 saturated carbocycles. The molecule has 1 heterocycles. The van der Waals surface area contributed by atoms with Gasteiger partial charge in [0.1, 0.15) is 5.82 Å². The summed E-state index contributed by atoms with van der Waals surface area (Å²) in [5.41, 5.74) is -0.144. The number of halogens is 3. The number of nitrogens with zero attached hydrogens (tertiary/aromatic N) is 2. The lowest BCUT2D eigenvalue weighted by molar-refractivity contribution is -0.137. The molecule has 0 N–H and O–H groups in total. The molecule has 0 bridgehead atoms. The molecule has 0 atom stereocenters. The van der Waals surface area contributed by atoms with Crippen molar-refractivity contribution < 1.29 is 26.4 Å². The zero-order valence-electron chi connectivity index (χ0n) is 15.8. The Morgan fingerprint density at radius 2 is 1.60 bits per heavy atom. The van der Waals surface area contributed by atoms with Gasteiger partial charge in [0.05, 0.1) is 17.0 Å². The third-order valence-corrected chi connectivity index (χ3v) is 5.45. The van der Waals surface area contributed by atoms with Crippen molar-refractivity contribution in [1.82, 2.24) is 4.98 Å². The van der Waals surface area contributed by atoms with E-state index in [1.165, 1.54) is 23.2 Å². The van der Waals surface area contributed by atoms with Crippen LogP contribution in [0.25, 0.3) is 0 Å². The third-order valence-electron chi connectivity index (χ3n) is 4.32. The summed E-state index contributed by atoms with van der Waals surface area (Å²) in [5.74, 6) is -0.218. The van der Waals surface area contributed by atoms with Crippen LogP contribution in [0.4, 0.5) is 19.0 Å². The summed E-state index contributed by atoms with van der Waals surface area (Å²) < 4.78 is 61.6. The van der Waals surface area contributed by atoms with E-state index in [0.29, 0.717) is 11.4 Å². The zero-order valence-corrected chi connectivity index (χ0v) is 16.6.